The van der Waals surface area contributed by atoms with Crippen LogP contribution in [0.15, 0.2) is 106 Å². The second kappa shape index (κ2) is 9.23. The fraction of sp³-hybridized carbons (Fsp3) is 0.154. The lowest BCUT2D eigenvalue weighted by atomic mass is 10.1. The van der Waals surface area contributed by atoms with Crippen LogP contribution < -0.4 is 10.6 Å². The third kappa shape index (κ3) is 5.23. The summed E-state index contributed by atoms with van der Waals surface area (Å²) in [7, 11) is 1.93. The highest BCUT2D eigenvalue weighted by Crippen LogP contribution is 2.22. The summed E-state index contributed by atoms with van der Waals surface area (Å²) in [5.41, 5.74) is 8.58. The summed E-state index contributed by atoms with van der Waals surface area (Å²) in [6.07, 6.45) is 14.1. The van der Waals surface area contributed by atoms with Crippen LogP contribution in [0.2, 0.25) is 0 Å². The number of allylic oxidation sites excluding steroid dienone is 6. The SMILES string of the molecule is CNC1=CCC(=NC2=CCC(=Nc3ccc(Nc4ccc(C)cc4)cc3)C=C2)C=C1. The lowest BCUT2D eigenvalue weighted by molar-refractivity contribution is 1.02. The Hall–Kier alpha value is -3.66. The van der Waals surface area contributed by atoms with Gasteiger partial charge in [-0.3, -0.25) is 9.98 Å². The van der Waals surface area contributed by atoms with Crippen LogP contribution in [0.25, 0.3) is 0 Å². The van der Waals surface area contributed by atoms with Crippen LogP contribution >= 0.6 is 0 Å². The monoisotopic (exact) mass is 394 g/mol. The Morgan fingerprint density at radius 2 is 1.33 bits per heavy atom. The lowest BCUT2D eigenvalue weighted by Gasteiger charge is -2.10. The molecule has 2 aromatic rings. The van der Waals surface area contributed by atoms with Gasteiger partial charge in [0.2, 0.25) is 0 Å². The van der Waals surface area contributed by atoms with E-state index in [1.54, 1.807) is 0 Å². The van der Waals surface area contributed by atoms with E-state index in [1.165, 1.54) is 5.56 Å². The summed E-state index contributed by atoms with van der Waals surface area (Å²) in [5.74, 6) is 0. The van der Waals surface area contributed by atoms with Crippen molar-refractivity contribution in [2.75, 3.05) is 12.4 Å². The summed E-state index contributed by atoms with van der Waals surface area (Å²) in [4.78, 5) is 9.49. The molecule has 4 heteroatoms. The minimum Gasteiger partial charge on any atom is -0.388 e. The maximum atomic E-state index is 4.76. The lowest BCUT2D eigenvalue weighted by Crippen LogP contribution is -2.08. The van der Waals surface area contributed by atoms with Crippen LogP contribution in [0.1, 0.15) is 18.4 Å². The van der Waals surface area contributed by atoms with E-state index in [2.05, 4.69) is 84.3 Å². The van der Waals surface area contributed by atoms with Gasteiger partial charge in [0.25, 0.3) is 0 Å². The van der Waals surface area contributed by atoms with Crippen molar-refractivity contribution < 1.29 is 0 Å². The Kier molecular flexibility index (Phi) is 6.04. The van der Waals surface area contributed by atoms with Gasteiger partial charge in [0.05, 0.1) is 11.4 Å². The third-order valence-electron chi connectivity index (χ3n) is 4.99. The quantitative estimate of drug-likeness (QED) is 0.638. The van der Waals surface area contributed by atoms with Crippen LogP contribution in [0, 0.1) is 6.92 Å². The van der Waals surface area contributed by atoms with E-state index in [0.29, 0.717) is 0 Å². The van der Waals surface area contributed by atoms with E-state index in [0.717, 1.165) is 52.7 Å². The Morgan fingerprint density at radius 1 is 0.700 bits per heavy atom. The topological polar surface area (TPSA) is 48.8 Å². The van der Waals surface area contributed by atoms with E-state index in [-0.39, 0.29) is 0 Å². The first-order valence-corrected chi connectivity index (χ1v) is 10.2. The molecule has 0 saturated carbocycles. The van der Waals surface area contributed by atoms with Gasteiger partial charge in [0, 0.05) is 48.4 Å². The molecular weight excluding hydrogens is 368 g/mol. The van der Waals surface area contributed by atoms with Gasteiger partial charge in [-0.05, 0) is 67.6 Å². The standard InChI is InChI=1S/C26H26N4/c1-19-3-5-21(6-4-19)28-23-11-13-25(14-12-23)30-26-17-15-24(16-18-26)29-22-9-7-20(27-2)8-10-22/h3-9,11-17,27-28H,10,18H2,1-2H3. The molecule has 2 aromatic carbocycles. The first kappa shape index (κ1) is 19.6. The predicted molar refractivity (Wildman–Crippen MR) is 128 cm³/mol. The Balaban J connectivity index is 1.36. The molecule has 0 heterocycles. The van der Waals surface area contributed by atoms with Gasteiger partial charge in [-0.15, -0.1) is 0 Å². The number of hydrogen-bond acceptors (Lipinski definition) is 4. The highest BCUT2D eigenvalue weighted by Gasteiger charge is 2.05. The minimum absolute atomic E-state index is 0.785. The molecule has 2 aliphatic rings. The maximum absolute atomic E-state index is 4.76. The van der Waals surface area contributed by atoms with Gasteiger partial charge in [-0.1, -0.05) is 29.8 Å². The summed E-state index contributed by atoms with van der Waals surface area (Å²) in [6, 6.07) is 16.6. The normalized spacial score (nSPS) is 18.3. The zero-order chi connectivity index (χ0) is 20.8. The molecule has 0 atom stereocenters. The number of benzene rings is 2. The Morgan fingerprint density at radius 3 is 1.93 bits per heavy atom. The van der Waals surface area contributed by atoms with Crippen LogP contribution in [-0.4, -0.2) is 18.5 Å². The maximum Gasteiger partial charge on any atom is 0.0634 e. The number of hydrogen-bond donors (Lipinski definition) is 2. The molecule has 0 spiro atoms. The van der Waals surface area contributed by atoms with E-state index in [9.17, 15) is 0 Å². The molecule has 2 aliphatic carbocycles. The van der Waals surface area contributed by atoms with Gasteiger partial charge in [0.1, 0.15) is 0 Å². The number of aliphatic imine (C=N–C) groups is 2. The molecule has 0 unspecified atom stereocenters. The fourth-order valence-corrected chi connectivity index (χ4v) is 3.25. The average Bonchev–Trinajstić information content (AvgIpc) is 2.78. The van der Waals surface area contributed by atoms with Crippen molar-refractivity contribution in [3.63, 3.8) is 0 Å². The first-order chi connectivity index (χ1) is 14.7. The molecule has 4 rings (SSSR count). The number of likely N-dealkylation sites (N-methyl/N-ethyl adjacent to an activating group) is 1. The van der Waals surface area contributed by atoms with Crippen molar-refractivity contribution in [3.05, 3.63) is 102 Å². The number of aryl methyl sites for hydroxylation is 1. The zero-order valence-corrected chi connectivity index (χ0v) is 17.4. The molecule has 0 amide bonds. The summed E-state index contributed by atoms with van der Waals surface area (Å²) >= 11 is 0. The highest BCUT2D eigenvalue weighted by atomic mass is 14.9. The van der Waals surface area contributed by atoms with Gasteiger partial charge < -0.3 is 10.6 Å². The van der Waals surface area contributed by atoms with Crippen LogP contribution in [0.3, 0.4) is 0 Å². The number of nitrogens with one attached hydrogen (secondary N) is 2. The molecule has 0 fully saturated rings. The number of anilines is 2. The molecule has 150 valence electrons. The molecule has 0 saturated heterocycles. The Labute approximate surface area is 178 Å². The van der Waals surface area contributed by atoms with Crippen molar-refractivity contribution in [2.45, 2.75) is 19.8 Å². The zero-order valence-electron chi connectivity index (χ0n) is 17.4. The molecule has 0 radical (unpaired) electrons. The van der Waals surface area contributed by atoms with Gasteiger partial charge in [-0.2, -0.15) is 0 Å². The average molecular weight is 395 g/mol. The second-order valence-corrected chi connectivity index (χ2v) is 7.36. The molecular formula is C26H26N4. The minimum atomic E-state index is 0.785. The van der Waals surface area contributed by atoms with E-state index in [4.69, 9.17) is 9.98 Å². The van der Waals surface area contributed by atoms with E-state index >= 15 is 0 Å². The highest BCUT2D eigenvalue weighted by molar-refractivity contribution is 6.01. The summed E-state index contributed by atoms with van der Waals surface area (Å²) in [6.45, 7) is 2.09. The molecule has 0 aromatic heterocycles. The van der Waals surface area contributed by atoms with Crippen molar-refractivity contribution in [1.29, 1.82) is 0 Å². The Bertz CT molecular complexity index is 1080. The third-order valence-corrected chi connectivity index (χ3v) is 4.99. The van der Waals surface area contributed by atoms with E-state index in [1.807, 2.05) is 25.3 Å². The molecule has 0 aliphatic heterocycles. The van der Waals surface area contributed by atoms with Crippen molar-refractivity contribution in [2.24, 2.45) is 9.98 Å². The van der Waals surface area contributed by atoms with Gasteiger partial charge >= 0.3 is 0 Å². The van der Waals surface area contributed by atoms with Crippen molar-refractivity contribution in [1.82, 2.24) is 5.32 Å². The fourth-order valence-electron chi connectivity index (χ4n) is 3.25. The van der Waals surface area contributed by atoms with Gasteiger partial charge in [-0.25, -0.2) is 0 Å². The van der Waals surface area contributed by atoms with Crippen LogP contribution in [0.4, 0.5) is 17.1 Å². The number of nitrogens with zero attached hydrogens (tertiary/aromatic N) is 2. The summed E-state index contributed by atoms with van der Waals surface area (Å²) in [5, 5.41) is 6.56. The summed E-state index contributed by atoms with van der Waals surface area (Å²) < 4.78 is 0. The molecule has 4 nitrogen and oxygen atoms in total. The number of rotatable bonds is 5. The van der Waals surface area contributed by atoms with Crippen LogP contribution in [0.5, 0.6) is 0 Å². The molecule has 2 N–H and O–H groups in total. The van der Waals surface area contributed by atoms with Gasteiger partial charge in [0.15, 0.2) is 0 Å². The smallest absolute Gasteiger partial charge is 0.0634 e. The van der Waals surface area contributed by atoms with Crippen molar-refractivity contribution >= 4 is 28.5 Å². The second-order valence-electron chi connectivity index (χ2n) is 7.36. The van der Waals surface area contributed by atoms with Crippen LogP contribution in [-0.2, 0) is 0 Å². The predicted octanol–water partition coefficient (Wildman–Crippen LogP) is 6.16. The molecule has 30 heavy (non-hydrogen) atoms. The van der Waals surface area contributed by atoms with Crippen molar-refractivity contribution in [3.8, 4) is 0 Å². The van der Waals surface area contributed by atoms with E-state index < -0.39 is 0 Å². The largest absolute Gasteiger partial charge is 0.388 e. The first-order valence-electron chi connectivity index (χ1n) is 10.2. The molecule has 0 bridgehead atoms.